The summed E-state index contributed by atoms with van der Waals surface area (Å²) in [5.74, 6) is 0.702. The molecule has 0 aliphatic heterocycles. The summed E-state index contributed by atoms with van der Waals surface area (Å²) >= 11 is 1.38. The number of fused-ring (bicyclic) bond motifs is 1. The van der Waals surface area contributed by atoms with Crippen molar-refractivity contribution in [2.45, 2.75) is 6.92 Å². The third kappa shape index (κ3) is 2.43. The molecule has 3 aromatic heterocycles. The highest BCUT2D eigenvalue weighted by Gasteiger charge is 2.15. The van der Waals surface area contributed by atoms with Gasteiger partial charge in [0, 0.05) is 23.3 Å². The molecule has 0 saturated heterocycles. The number of aromatic amines is 1. The number of ether oxygens (including phenoxy) is 1. The molecule has 21 heavy (non-hydrogen) atoms. The van der Waals surface area contributed by atoms with Crippen LogP contribution >= 0.6 is 11.3 Å². The molecule has 0 saturated carbocycles. The Balaban J connectivity index is 2.16. The van der Waals surface area contributed by atoms with Gasteiger partial charge in [0.25, 0.3) is 5.56 Å². The Morgan fingerprint density at radius 2 is 2.33 bits per heavy atom. The van der Waals surface area contributed by atoms with Gasteiger partial charge in [-0.2, -0.15) is 0 Å². The van der Waals surface area contributed by atoms with E-state index in [1.165, 1.54) is 11.3 Å². The third-order valence-corrected chi connectivity index (χ3v) is 3.74. The fourth-order valence-electron chi connectivity index (χ4n) is 1.95. The second-order valence-electron chi connectivity index (χ2n) is 4.19. The third-order valence-electron chi connectivity index (χ3n) is 2.87. The quantitative estimate of drug-likeness (QED) is 0.748. The summed E-state index contributed by atoms with van der Waals surface area (Å²) in [7, 11) is 0. The van der Waals surface area contributed by atoms with E-state index in [-0.39, 0.29) is 5.56 Å². The van der Waals surface area contributed by atoms with E-state index in [9.17, 15) is 4.79 Å². The average molecular weight is 300 g/mol. The maximum atomic E-state index is 12.3. The maximum absolute atomic E-state index is 12.3. The molecular weight excluding hydrogens is 288 g/mol. The molecule has 0 unspecified atom stereocenters. The number of hydrogen-bond acceptors (Lipinski definition) is 6. The molecule has 7 heteroatoms. The van der Waals surface area contributed by atoms with Gasteiger partial charge in [-0.15, -0.1) is 11.3 Å². The van der Waals surface area contributed by atoms with Gasteiger partial charge < -0.3 is 9.72 Å². The minimum Gasteiger partial charge on any atom is -0.491 e. The van der Waals surface area contributed by atoms with Crippen molar-refractivity contribution in [1.82, 2.24) is 19.9 Å². The van der Waals surface area contributed by atoms with Gasteiger partial charge in [0.2, 0.25) is 0 Å². The molecule has 0 aliphatic carbocycles. The minimum atomic E-state index is -0.238. The topological polar surface area (TPSA) is 80.8 Å². The zero-order chi connectivity index (χ0) is 14.8. The summed E-state index contributed by atoms with van der Waals surface area (Å²) < 4.78 is 5.28. The number of thiophene rings is 1. The Labute approximate surface area is 124 Å². The van der Waals surface area contributed by atoms with E-state index in [1.807, 2.05) is 12.3 Å². The van der Waals surface area contributed by atoms with Crippen LogP contribution in [0.1, 0.15) is 12.7 Å². The fraction of sp³-hybridized carbons (Fsp3) is 0.143. The van der Waals surface area contributed by atoms with Crippen LogP contribution in [0, 0.1) is 0 Å². The van der Waals surface area contributed by atoms with Gasteiger partial charge in [-0.3, -0.25) is 14.8 Å². The van der Waals surface area contributed by atoms with Crippen LogP contribution in [0.5, 0.6) is 0 Å². The summed E-state index contributed by atoms with van der Waals surface area (Å²) in [6.07, 6.45) is 4.80. The highest BCUT2D eigenvalue weighted by Crippen LogP contribution is 2.29. The van der Waals surface area contributed by atoms with E-state index < -0.39 is 0 Å². The number of nitrogens with one attached hydrogen (secondary N) is 1. The molecule has 0 spiro atoms. The van der Waals surface area contributed by atoms with Gasteiger partial charge in [0.15, 0.2) is 11.6 Å². The molecule has 0 atom stereocenters. The predicted octanol–water partition coefficient (Wildman–Crippen LogP) is 2.45. The van der Waals surface area contributed by atoms with Crippen LogP contribution in [0.4, 0.5) is 0 Å². The van der Waals surface area contributed by atoms with E-state index in [2.05, 4.69) is 26.5 Å². The molecule has 3 aromatic rings. The highest BCUT2D eigenvalue weighted by molar-refractivity contribution is 7.17. The fourth-order valence-corrected chi connectivity index (χ4v) is 2.88. The molecule has 106 valence electrons. The number of H-pyrrole nitrogens is 1. The first-order valence-electron chi connectivity index (χ1n) is 6.30. The molecule has 3 heterocycles. The zero-order valence-corrected chi connectivity index (χ0v) is 12.1. The molecule has 0 aliphatic rings. The van der Waals surface area contributed by atoms with Crippen LogP contribution in [-0.4, -0.2) is 26.5 Å². The van der Waals surface area contributed by atoms with Crippen molar-refractivity contribution in [3.05, 3.63) is 46.7 Å². The average Bonchev–Trinajstić information content (AvgIpc) is 2.93. The number of hydrogen-bond donors (Lipinski definition) is 1. The monoisotopic (exact) mass is 300 g/mol. The number of nitrogens with zero attached hydrogens (tertiary/aromatic N) is 3. The summed E-state index contributed by atoms with van der Waals surface area (Å²) in [6.45, 7) is 6.07. The summed E-state index contributed by atoms with van der Waals surface area (Å²) in [5.41, 5.74) is 1.13. The van der Waals surface area contributed by atoms with Crippen molar-refractivity contribution in [3.8, 4) is 11.3 Å². The van der Waals surface area contributed by atoms with E-state index in [0.29, 0.717) is 34.1 Å². The van der Waals surface area contributed by atoms with Crippen LogP contribution in [-0.2, 0) is 4.74 Å². The van der Waals surface area contributed by atoms with E-state index in [4.69, 9.17) is 4.74 Å². The van der Waals surface area contributed by atoms with Gasteiger partial charge >= 0.3 is 0 Å². The summed E-state index contributed by atoms with van der Waals surface area (Å²) in [6, 6.07) is 0. The second kappa shape index (κ2) is 5.45. The second-order valence-corrected chi connectivity index (χ2v) is 5.05. The molecule has 0 aromatic carbocycles. The van der Waals surface area contributed by atoms with Gasteiger partial charge in [-0.1, -0.05) is 6.58 Å². The maximum Gasteiger partial charge on any atom is 0.260 e. The standard InChI is InChI=1S/C14H12N4O2S/c1-3-20-8(2)12-17-13(19)11-9(7-21-14(11)18-12)10-6-15-4-5-16-10/h4-7H,2-3H2,1H3,(H,17,18,19). The largest absolute Gasteiger partial charge is 0.491 e. The minimum absolute atomic E-state index is 0.238. The van der Waals surface area contributed by atoms with Crippen molar-refractivity contribution in [2.75, 3.05) is 6.61 Å². The van der Waals surface area contributed by atoms with Crippen LogP contribution in [0.3, 0.4) is 0 Å². The molecular formula is C14H12N4O2S. The first kappa shape index (κ1) is 13.4. The SMILES string of the molecule is C=C(OCC)c1nc2scc(-c3cnccn3)c2c(=O)[nH]1. The predicted molar refractivity (Wildman–Crippen MR) is 81.9 cm³/mol. The van der Waals surface area contributed by atoms with Crippen LogP contribution in [0.2, 0.25) is 0 Å². The Morgan fingerprint density at radius 3 is 3.05 bits per heavy atom. The Kier molecular flexibility index (Phi) is 3.49. The van der Waals surface area contributed by atoms with Crippen molar-refractivity contribution in [3.63, 3.8) is 0 Å². The Bertz CT molecular complexity index is 854. The summed E-state index contributed by atoms with van der Waals surface area (Å²) in [5, 5.41) is 2.36. The lowest BCUT2D eigenvalue weighted by Crippen LogP contribution is -2.11. The smallest absolute Gasteiger partial charge is 0.260 e. The molecule has 3 rings (SSSR count). The molecule has 0 radical (unpaired) electrons. The number of rotatable bonds is 4. The van der Waals surface area contributed by atoms with Gasteiger partial charge in [0.05, 0.1) is 23.9 Å². The van der Waals surface area contributed by atoms with Crippen molar-refractivity contribution in [1.29, 1.82) is 0 Å². The lowest BCUT2D eigenvalue weighted by atomic mass is 10.2. The van der Waals surface area contributed by atoms with E-state index in [0.717, 1.165) is 5.56 Å². The zero-order valence-electron chi connectivity index (χ0n) is 11.3. The summed E-state index contributed by atoms with van der Waals surface area (Å²) in [4.78, 5) is 28.3. The Morgan fingerprint density at radius 1 is 1.48 bits per heavy atom. The first-order chi connectivity index (χ1) is 10.2. The van der Waals surface area contributed by atoms with E-state index in [1.54, 1.807) is 18.6 Å². The lowest BCUT2D eigenvalue weighted by Gasteiger charge is -2.05. The van der Waals surface area contributed by atoms with Crippen molar-refractivity contribution < 1.29 is 4.74 Å². The van der Waals surface area contributed by atoms with Crippen molar-refractivity contribution in [2.24, 2.45) is 0 Å². The molecule has 0 bridgehead atoms. The molecule has 1 N–H and O–H groups in total. The van der Waals surface area contributed by atoms with Gasteiger partial charge in [-0.05, 0) is 6.92 Å². The number of aromatic nitrogens is 4. The lowest BCUT2D eigenvalue weighted by molar-refractivity contribution is 0.296. The molecule has 6 nitrogen and oxygen atoms in total. The van der Waals surface area contributed by atoms with E-state index >= 15 is 0 Å². The van der Waals surface area contributed by atoms with Gasteiger partial charge in [0.1, 0.15) is 4.83 Å². The normalized spacial score (nSPS) is 10.7. The van der Waals surface area contributed by atoms with Crippen molar-refractivity contribution >= 4 is 27.3 Å². The van der Waals surface area contributed by atoms with Crippen LogP contribution in [0.15, 0.2) is 35.3 Å². The Hall–Kier alpha value is -2.54. The molecule has 0 amide bonds. The van der Waals surface area contributed by atoms with Crippen LogP contribution in [0.25, 0.3) is 27.2 Å². The van der Waals surface area contributed by atoms with Gasteiger partial charge in [-0.25, -0.2) is 4.98 Å². The highest BCUT2D eigenvalue weighted by atomic mass is 32.1. The van der Waals surface area contributed by atoms with Crippen LogP contribution < -0.4 is 5.56 Å². The molecule has 0 fully saturated rings. The first-order valence-corrected chi connectivity index (χ1v) is 7.18.